The van der Waals surface area contributed by atoms with Gasteiger partial charge in [-0.3, -0.25) is 4.68 Å². The van der Waals surface area contributed by atoms with E-state index < -0.39 is 10.0 Å². The molecule has 2 aromatic rings. The molecule has 1 saturated carbocycles. The van der Waals surface area contributed by atoms with Crippen molar-refractivity contribution in [3.8, 4) is 0 Å². The zero-order valence-electron chi connectivity index (χ0n) is 12.4. The van der Waals surface area contributed by atoms with Crippen LogP contribution >= 0.6 is 11.3 Å². The van der Waals surface area contributed by atoms with Gasteiger partial charge in [0.15, 0.2) is 0 Å². The number of nitrogens with one attached hydrogen (secondary N) is 1. The van der Waals surface area contributed by atoms with Gasteiger partial charge < -0.3 is 5.11 Å². The van der Waals surface area contributed by atoms with Crippen molar-refractivity contribution in [2.45, 2.75) is 36.1 Å². The van der Waals surface area contributed by atoms with Crippen molar-refractivity contribution in [1.29, 1.82) is 0 Å². The second kappa shape index (κ2) is 5.77. The topological polar surface area (TPSA) is 84.2 Å². The molecule has 120 valence electrons. The predicted octanol–water partition coefficient (Wildman–Crippen LogP) is 1.58. The lowest BCUT2D eigenvalue weighted by Crippen LogP contribution is -2.41. The number of aromatic nitrogens is 2. The summed E-state index contributed by atoms with van der Waals surface area (Å²) in [5, 5.41) is 13.7. The van der Waals surface area contributed by atoms with Crippen molar-refractivity contribution in [2.75, 3.05) is 0 Å². The number of hydrogen-bond donors (Lipinski definition) is 2. The molecule has 2 N–H and O–H groups in total. The molecule has 0 radical (unpaired) electrons. The van der Waals surface area contributed by atoms with Crippen LogP contribution in [0.2, 0.25) is 0 Å². The smallest absolute Gasteiger partial charge is 0.250 e. The first-order valence-electron chi connectivity index (χ1n) is 7.10. The summed E-state index contributed by atoms with van der Waals surface area (Å²) in [6.07, 6.45) is 4.37. The summed E-state index contributed by atoms with van der Waals surface area (Å²) in [7, 11) is -1.77. The fourth-order valence-electron chi connectivity index (χ4n) is 2.72. The van der Waals surface area contributed by atoms with Gasteiger partial charge in [-0.1, -0.05) is 0 Å². The highest BCUT2D eigenvalue weighted by molar-refractivity contribution is 7.91. The molecule has 0 aliphatic heterocycles. The minimum atomic E-state index is -3.57. The Balaban J connectivity index is 1.87. The van der Waals surface area contributed by atoms with Gasteiger partial charge in [0.05, 0.1) is 18.3 Å². The van der Waals surface area contributed by atoms with E-state index in [-0.39, 0.29) is 18.1 Å². The summed E-state index contributed by atoms with van der Waals surface area (Å²) in [6, 6.07) is 3.06. The number of sulfonamides is 1. The van der Waals surface area contributed by atoms with E-state index in [0.29, 0.717) is 17.1 Å². The maximum atomic E-state index is 12.6. The Bertz CT molecular complexity index is 760. The van der Waals surface area contributed by atoms with Crippen LogP contribution in [-0.4, -0.2) is 29.4 Å². The Labute approximate surface area is 133 Å². The van der Waals surface area contributed by atoms with E-state index in [1.807, 2.05) is 13.1 Å². The molecule has 22 heavy (non-hydrogen) atoms. The van der Waals surface area contributed by atoms with E-state index in [0.717, 1.165) is 10.4 Å². The van der Waals surface area contributed by atoms with Gasteiger partial charge in [-0.15, -0.1) is 11.3 Å². The summed E-state index contributed by atoms with van der Waals surface area (Å²) in [5.74, 6) is 0.0926. The summed E-state index contributed by atoms with van der Waals surface area (Å²) >= 11 is 1.25. The summed E-state index contributed by atoms with van der Waals surface area (Å²) in [5.41, 5.74) is 0.830. The minimum Gasteiger partial charge on any atom is -0.393 e. The summed E-state index contributed by atoms with van der Waals surface area (Å²) in [4.78, 5) is 0.956. The Hall–Kier alpha value is -1.22. The van der Waals surface area contributed by atoms with Gasteiger partial charge >= 0.3 is 0 Å². The number of hydrogen-bond acceptors (Lipinski definition) is 5. The number of nitrogens with zero attached hydrogens (tertiary/aromatic N) is 2. The molecule has 8 heteroatoms. The molecule has 0 unspecified atom stereocenters. The fraction of sp³-hybridized carbons (Fsp3) is 0.500. The molecule has 3 rings (SSSR count). The number of aliphatic hydroxyl groups excluding tert-OH is 1. The maximum absolute atomic E-state index is 12.6. The van der Waals surface area contributed by atoms with Gasteiger partial charge in [0, 0.05) is 23.7 Å². The third kappa shape index (κ3) is 3.10. The van der Waals surface area contributed by atoms with Crippen LogP contribution in [0, 0.1) is 12.8 Å². The molecular weight excluding hydrogens is 322 g/mol. The lowest BCUT2D eigenvalue weighted by Gasteiger charge is -2.37. The van der Waals surface area contributed by atoms with Crippen molar-refractivity contribution in [3.63, 3.8) is 0 Å². The largest absolute Gasteiger partial charge is 0.393 e. The number of aryl methyl sites for hydroxylation is 2. The highest BCUT2D eigenvalue weighted by Crippen LogP contribution is 2.39. The highest BCUT2D eigenvalue weighted by atomic mass is 32.2. The van der Waals surface area contributed by atoms with Gasteiger partial charge in [0.25, 0.3) is 10.0 Å². The molecule has 0 saturated heterocycles. The standard InChI is InChI=1S/C14H19N3O3S2/c1-9-3-4-13(21-9)22(19,20)16-14(10-5-12(18)6-10)11-7-15-17(2)8-11/h3-4,7-8,10,12,14,16,18H,5-6H2,1-2H3/t10?,12?,14-/m0/s1. The Kier molecular flexibility index (Phi) is 4.11. The Morgan fingerprint density at radius 2 is 2.18 bits per heavy atom. The molecule has 0 bridgehead atoms. The predicted molar refractivity (Wildman–Crippen MR) is 84.1 cm³/mol. The van der Waals surface area contributed by atoms with Crippen LogP contribution in [0.4, 0.5) is 0 Å². The number of thiophene rings is 1. The van der Waals surface area contributed by atoms with Crippen LogP contribution in [-0.2, 0) is 17.1 Å². The number of rotatable bonds is 5. The van der Waals surface area contributed by atoms with Crippen molar-refractivity contribution < 1.29 is 13.5 Å². The van der Waals surface area contributed by atoms with Crippen LogP contribution in [0.3, 0.4) is 0 Å². The molecule has 0 aromatic carbocycles. The highest BCUT2D eigenvalue weighted by Gasteiger charge is 2.38. The molecule has 2 aromatic heterocycles. The lowest BCUT2D eigenvalue weighted by molar-refractivity contribution is 0.0280. The maximum Gasteiger partial charge on any atom is 0.250 e. The van der Waals surface area contributed by atoms with E-state index in [4.69, 9.17) is 0 Å². The molecular formula is C14H19N3O3S2. The van der Waals surface area contributed by atoms with Crippen LogP contribution in [0.25, 0.3) is 0 Å². The average Bonchev–Trinajstić information content (AvgIpc) is 3.02. The van der Waals surface area contributed by atoms with E-state index in [2.05, 4.69) is 9.82 Å². The number of aliphatic hydroxyl groups is 1. The average molecular weight is 341 g/mol. The van der Waals surface area contributed by atoms with E-state index in [9.17, 15) is 13.5 Å². The minimum absolute atomic E-state index is 0.0926. The molecule has 2 heterocycles. The normalized spacial score (nSPS) is 23.2. The summed E-state index contributed by atoms with van der Waals surface area (Å²) < 4.78 is 29.9. The Morgan fingerprint density at radius 1 is 1.45 bits per heavy atom. The SMILES string of the molecule is Cc1ccc(S(=O)(=O)N[C@H](c2cnn(C)c2)C2CC(O)C2)s1. The van der Waals surface area contributed by atoms with Crippen molar-refractivity contribution in [3.05, 3.63) is 35.0 Å². The van der Waals surface area contributed by atoms with Gasteiger partial charge in [0.1, 0.15) is 4.21 Å². The fourth-order valence-corrected chi connectivity index (χ4v) is 5.31. The molecule has 1 aliphatic rings. The van der Waals surface area contributed by atoms with Crippen LogP contribution in [0.5, 0.6) is 0 Å². The van der Waals surface area contributed by atoms with Crippen LogP contribution in [0.1, 0.15) is 29.3 Å². The zero-order valence-corrected chi connectivity index (χ0v) is 14.1. The zero-order chi connectivity index (χ0) is 15.9. The van der Waals surface area contributed by atoms with Crippen LogP contribution in [0.15, 0.2) is 28.7 Å². The molecule has 1 fully saturated rings. The van der Waals surface area contributed by atoms with Crippen molar-refractivity contribution >= 4 is 21.4 Å². The monoisotopic (exact) mass is 341 g/mol. The first kappa shape index (κ1) is 15.7. The third-order valence-electron chi connectivity index (χ3n) is 3.97. The molecule has 6 nitrogen and oxygen atoms in total. The second-order valence-electron chi connectivity index (χ2n) is 5.80. The van der Waals surface area contributed by atoms with Gasteiger partial charge in [-0.25, -0.2) is 13.1 Å². The third-order valence-corrected chi connectivity index (χ3v) is 6.90. The molecule has 0 amide bonds. The van der Waals surface area contributed by atoms with E-state index >= 15 is 0 Å². The van der Waals surface area contributed by atoms with Crippen LogP contribution < -0.4 is 4.72 Å². The quantitative estimate of drug-likeness (QED) is 0.865. The van der Waals surface area contributed by atoms with Gasteiger partial charge in [0.2, 0.25) is 0 Å². The second-order valence-corrected chi connectivity index (χ2v) is 9.03. The summed E-state index contributed by atoms with van der Waals surface area (Å²) in [6.45, 7) is 1.88. The Morgan fingerprint density at radius 3 is 2.68 bits per heavy atom. The van der Waals surface area contributed by atoms with E-state index in [1.165, 1.54) is 11.3 Å². The molecule has 1 atom stereocenters. The first-order valence-corrected chi connectivity index (χ1v) is 9.40. The lowest BCUT2D eigenvalue weighted by atomic mass is 9.76. The van der Waals surface area contributed by atoms with Crippen molar-refractivity contribution in [2.24, 2.45) is 13.0 Å². The van der Waals surface area contributed by atoms with Crippen molar-refractivity contribution in [1.82, 2.24) is 14.5 Å². The van der Waals surface area contributed by atoms with Gasteiger partial charge in [-0.2, -0.15) is 5.10 Å². The van der Waals surface area contributed by atoms with E-state index in [1.54, 1.807) is 30.1 Å². The molecule has 0 spiro atoms. The molecule has 1 aliphatic carbocycles. The van der Waals surface area contributed by atoms with Gasteiger partial charge in [-0.05, 0) is 37.8 Å². The first-order chi connectivity index (χ1) is 10.3.